The normalized spacial score (nSPS) is 19.3. The third-order valence-electron chi connectivity index (χ3n) is 4.06. The minimum atomic E-state index is 0.350. The molecule has 0 aliphatic carbocycles. The third-order valence-corrected chi connectivity index (χ3v) is 4.06. The van der Waals surface area contributed by atoms with E-state index in [2.05, 4.69) is 24.0 Å². The molecule has 3 nitrogen and oxygen atoms in total. The van der Waals surface area contributed by atoms with E-state index in [1.165, 1.54) is 18.4 Å². The van der Waals surface area contributed by atoms with Crippen molar-refractivity contribution in [3.63, 3.8) is 0 Å². The van der Waals surface area contributed by atoms with E-state index in [0.717, 1.165) is 24.8 Å². The first-order chi connectivity index (χ1) is 9.24. The molecule has 1 aliphatic heterocycles. The van der Waals surface area contributed by atoms with Crippen molar-refractivity contribution in [2.45, 2.75) is 32.7 Å². The van der Waals surface area contributed by atoms with Gasteiger partial charge in [-0.25, -0.2) is 0 Å². The van der Waals surface area contributed by atoms with Crippen molar-refractivity contribution in [3.05, 3.63) is 29.8 Å². The van der Waals surface area contributed by atoms with Crippen molar-refractivity contribution in [3.8, 4) is 5.75 Å². The van der Waals surface area contributed by atoms with Crippen LogP contribution in [0.1, 0.15) is 38.3 Å². The van der Waals surface area contributed by atoms with E-state index < -0.39 is 0 Å². The zero-order chi connectivity index (χ0) is 13.7. The van der Waals surface area contributed by atoms with Gasteiger partial charge in [0, 0.05) is 12.6 Å². The van der Waals surface area contributed by atoms with Crippen LogP contribution < -0.4 is 10.5 Å². The standard InChI is InChI=1S/C16H26N2O/c1-3-19-15-6-4-14(5-7-15)16(12-17)18-10-8-13(2)9-11-18/h4-7,13,16H,3,8-12,17H2,1-2H3. The van der Waals surface area contributed by atoms with Gasteiger partial charge in [0.1, 0.15) is 5.75 Å². The van der Waals surface area contributed by atoms with Gasteiger partial charge in [0.25, 0.3) is 0 Å². The molecule has 0 radical (unpaired) electrons. The van der Waals surface area contributed by atoms with Gasteiger partial charge in [0.05, 0.1) is 6.61 Å². The maximum absolute atomic E-state index is 5.99. The Morgan fingerprint density at radius 1 is 1.26 bits per heavy atom. The van der Waals surface area contributed by atoms with Gasteiger partial charge < -0.3 is 10.5 Å². The second-order valence-corrected chi connectivity index (χ2v) is 5.47. The van der Waals surface area contributed by atoms with Gasteiger partial charge in [-0.05, 0) is 56.5 Å². The van der Waals surface area contributed by atoms with E-state index in [1.54, 1.807) is 0 Å². The van der Waals surface area contributed by atoms with Crippen LogP contribution in [0.4, 0.5) is 0 Å². The number of nitrogens with zero attached hydrogens (tertiary/aromatic N) is 1. The number of nitrogens with two attached hydrogens (primary N) is 1. The molecule has 1 aliphatic rings. The first kappa shape index (κ1) is 14.4. The summed E-state index contributed by atoms with van der Waals surface area (Å²) < 4.78 is 5.49. The number of ether oxygens (including phenoxy) is 1. The Kier molecular flexibility index (Phi) is 5.23. The lowest BCUT2D eigenvalue weighted by molar-refractivity contribution is 0.141. The van der Waals surface area contributed by atoms with E-state index in [9.17, 15) is 0 Å². The van der Waals surface area contributed by atoms with Gasteiger partial charge in [-0.2, -0.15) is 0 Å². The quantitative estimate of drug-likeness (QED) is 0.887. The number of benzene rings is 1. The molecule has 1 aromatic carbocycles. The Morgan fingerprint density at radius 3 is 2.42 bits per heavy atom. The van der Waals surface area contributed by atoms with Crippen molar-refractivity contribution >= 4 is 0 Å². The molecular weight excluding hydrogens is 236 g/mol. The van der Waals surface area contributed by atoms with Gasteiger partial charge in [0.15, 0.2) is 0 Å². The van der Waals surface area contributed by atoms with Crippen LogP contribution in [-0.4, -0.2) is 31.1 Å². The van der Waals surface area contributed by atoms with Crippen LogP contribution in [0.15, 0.2) is 24.3 Å². The highest BCUT2D eigenvalue weighted by Crippen LogP contribution is 2.27. The highest BCUT2D eigenvalue weighted by Gasteiger charge is 2.23. The highest BCUT2D eigenvalue weighted by atomic mass is 16.5. The Bertz CT molecular complexity index is 369. The number of rotatable bonds is 5. The molecule has 0 amide bonds. The summed E-state index contributed by atoms with van der Waals surface area (Å²) in [5.41, 5.74) is 7.30. The lowest BCUT2D eigenvalue weighted by Crippen LogP contribution is -2.39. The summed E-state index contributed by atoms with van der Waals surface area (Å²) in [5, 5.41) is 0. The van der Waals surface area contributed by atoms with Gasteiger partial charge in [-0.1, -0.05) is 19.1 Å². The average Bonchev–Trinajstić information content (AvgIpc) is 2.44. The fourth-order valence-electron chi connectivity index (χ4n) is 2.79. The largest absolute Gasteiger partial charge is 0.494 e. The lowest BCUT2D eigenvalue weighted by Gasteiger charge is -2.36. The van der Waals surface area contributed by atoms with E-state index in [1.807, 2.05) is 19.1 Å². The number of hydrogen-bond donors (Lipinski definition) is 1. The van der Waals surface area contributed by atoms with Crippen LogP contribution in [0, 0.1) is 5.92 Å². The van der Waals surface area contributed by atoms with E-state index in [0.29, 0.717) is 19.2 Å². The predicted octanol–water partition coefficient (Wildman–Crippen LogP) is 2.82. The van der Waals surface area contributed by atoms with Crippen LogP contribution in [0.5, 0.6) is 5.75 Å². The molecule has 0 spiro atoms. The minimum Gasteiger partial charge on any atom is -0.494 e. The maximum Gasteiger partial charge on any atom is 0.119 e. The Morgan fingerprint density at radius 2 is 1.89 bits per heavy atom. The first-order valence-electron chi connectivity index (χ1n) is 7.41. The number of likely N-dealkylation sites (tertiary alicyclic amines) is 1. The molecule has 2 N–H and O–H groups in total. The van der Waals surface area contributed by atoms with Gasteiger partial charge in [0.2, 0.25) is 0 Å². The van der Waals surface area contributed by atoms with E-state index in [4.69, 9.17) is 10.5 Å². The molecule has 1 unspecified atom stereocenters. The highest BCUT2D eigenvalue weighted by molar-refractivity contribution is 5.29. The van der Waals surface area contributed by atoms with Crippen molar-refractivity contribution in [1.29, 1.82) is 0 Å². The van der Waals surface area contributed by atoms with Crippen LogP contribution >= 0.6 is 0 Å². The number of piperidine rings is 1. The average molecular weight is 262 g/mol. The molecule has 2 rings (SSSR count). The summed E-state index contributed by atoms with van der Waals surface area (Å²) in [5.74, 6) is 1.80. The van der Waals surface area contributed by atoms with Crippen LogP contribution in [0.25, 0.3) is 0 Å². The van der Waals surface area contributed by atoms with Crippen molar-refractivity contribution in [2.24, 2.45) is 11.7 Å². The fraction of sp³-hybridized carbons (Fsp3) is 0.625. The van der Waals surface area contributed by atoms with E-state index >= 15 is 0 Å². The topological polar surface area (TPSA) is 38.5 Å². The summed E-state index contributed by atoms with van der Waals surface area (Å²) in [4.78, 5) is 2.52. The molecule has 1 saturated heterocycles. The lowest BCUT2D eigenvalue weighted by atomic mass is 9.96. The summed E-state index contributed by atoms with van der Waals surface area (Å²) in [6.07, 6.45) is 2.57. The first-order valence-corrected chi connectivity index (χ1v) is 7.41. The summed E-state index contributed by atoms with van der Waals surface area (Å²) >= 11 is 0. The molecule has 3 heteroatoms. The second kappa shape index (κ2) is 6.92. The van der Waals surface area contributed by atoms with Crippen molar-refractivity contribution in [2.75, 3.05) is 26.2 Å². The fourth-order valence-corrected chi connectivity index (χ4v) is 2.79. The maximum atomic E-state index is 5.99. The monoisotopic (exact) mass is 262 g/mol. The zero-order valence-electron chi connectivity index (χ0n) is 12.1. The molecule has 1 aromatic rings. The van der Waals surface area contributed by atoms with Crippen molar-refractivity contribution < 1.29 is 4.74 Å². The van der Waals surface area contributed by atoms with E-state index in [-0.39, 0.29) is 0 Å². The van der Waals surface area contributed by atoms with Crippen LogP contribution in [0.3, 0.4) is 0 Å². The van der Waals surface area contributed by atoms with Gasteiger partial charge in [-0.3, -0.25) is 4.90 Å². The third kappa shape index (κ3) is 3.71. The van der Waals surface area contributed by atoms with Gasteiger partial charge >= 0.3 is 0 Å². The minimum absolute atomic E-state index is 0.350. The Balaban J connectivity index is 2.04. The second-order valence-electron chi connectivity index (χ2n) is 5.47. The summed E-state index contributed by atoms with van der Waals surface area (Å²) in [7, 11) is 0. The Hall–Kier alpha value is -1.06. The number of hydrogen-bond acceptors (Lipinski definition) is 3. The van der Waals surface area contributed by atoms with Crippen molar-refractivity contribution in [1.82, 2.24) is 4.90 Å². The molecule has 0 aromatic heterocycles. The molecule has 19 heavy (non-hydrogen) atoms. The zero-order valence-corrected chi connectivity index (χ0v) is 12.1. The molecule has 0 saturated carbocycles. The van der Waals surface area contributed by atoms with Gasteiger partial charge in [-0.15, -0.1) is 0 Å². The summed E-state index contributed by atoms with van der Waals surface area (Å²) in [6, 6.07) is 8.76. The smallest absolute Gasteiger partial charge is 0.119 e. The molecule has 106 valence electrons. The molecular formula is C16H26N2O. The molecule has 0 bridgehead atoms. The molecule has 1 heterocycles. The molecule has 1 atom stereocenters. The predicted molar refractivity (Wildman–Crippen MR) is 79.4 cm³/mol. The summed E-state index contributed by atoms with van der Waals surface area (Å²) in [6.45, 7) is 8.07. The van der Waals surface area contributed by atoms with Crippen LogP contribution in [0.2, 0.25) is 0 Å². The SMILES string of the molecule is CCOc1ccc(C(CN)N2CCC(C)CC2)cc1. The molecule has 1 fully saturated rings. The Labute approximate surface area is 116 Å². The van der Waals surface area contributed by atoms with Crippen LogP contribution in [-0.2, 0) is 0 Å².